The topological polar surface area (TPSA) is 81.7 Å². The Kier molecular flexibility index (Phi) is 8.31. The Morgan fingerprint density at radius 3 is 2.73 bits per heavy atom. The second-order valence-corrected chi connectivity index (χ2v) is 8.77. The van der Waals surface area contributed by atoms with E-state index in [0.29, 0.717) is 17.5 Å². The lowest BCUT2D eigenvalue weighted by Gasteiger charge is -2.18. The fourth-order valence-corrected chi connectivity index (χ4v) is 3.77. The number of fused-ring (bicyclic) bond motifs is 1. The number of hydrogen-bond acceptors (Lipinski definition) is 5. The van der Waals surface area contributed by atoms with Gasteiger partial charge in [-0.25, -0.2) is 0 Å². The van der Waals surface area contributed by atoms with E-state index in [9.17, 15) is 5.11 Å². The highest BCUT2D eigenvalue weighted by molar-refractivity contribution is 5.94. The van der Waals surface area contributed by atoms with Crippen molar-refractivity contribution in [3.8, 4) is 0 Å². The maximum Gasteiger partial charge on any atom is 0.145 e. The number of aromatic amines is 1. The Morgan fingerprint density at radius 1 is 1.27 bits per heavy atom. The number of methoxy groups -OCH3 is 1. The first-order chi connectivity index (χ1) is 15.8. The number of ether oxygens (including phenoxy) is 1. The molecule has 2 heterocycles. The van der Waals surface area contributed by atoms with Crippen LogP contribution in [0.15, 0.2) is 75.4 Å². The van der Waals surface area contributed by atoms with E-state index >= 15 is 0 Å². The SMILES string of the molecule is COC(/C(=C/C1=C(C)CC=C(C)N1)N=Cc1[nH]c2ccccc2c1CNC(C)C)=C(/C)CO. The van der Waals surface area contributed by atoms with Gasteiger partial charge in [-0.3, -0.25) is 4.99 Å². The number of aliphatic imine (C=N–C) groups is 1. The maximum atomic E-state index is 9.76. The van der Waals surface area contributed by atoms with Crippen molar-refractivity contribution >= 4 is 17.1 Å². The average Bonchev–Trinajstić information content (AvgIpc) is 3.15. The van der Waals surface area contributed by atoms with E-state index in [-0.39, 0.29) is 6.61 Å². The summed E-state index contributed by atoms with van der Waals surface area (Å²) in [5, 5.41) is 17.9. The molecular formula is C27H36N4O2. The standard InChI is InChI=1S/C27H36N4O2/c1-17(2)28-14-22-21-9-7-8-10-23(21)31-26(22)15-29-25(27(33-6)19(4)16-32)13-24-18(3)11-12-20(5)30-24/h7-10,12-13,15,17,28,30-32H,11,14,16H2,1-6H3/b25-13-,27-19-,29-15?. The van der Waals surface area contributed by atoms with Crippen molar-refractivity contribution < 1.29 is 9.84 Å². The number of para-hydroxylation sites is 1. The Balaban J connectivity index is 2.08. The highest BCUT2D eigenvalue weighted by Gasteiger charge is 2.14. The van der Waals surface area contributed by atoms with Crippen LogP contribution < -0.4 is 10.6 Å². The third-order valence-electron chi connectivity index (χ3n) is 5.72. The Bertz CT molecular complexity index is 1150. The molecule has 0 spiro atoms. The number of hydrogen-bond donors (Lipinski definition) is 4. The zero-order valence-corrected chi connectivity index (χ0v) is 20.5. The van der Waals surface area contributed by atoms with Crippen LogP contribution in [0, 0.1) is 0 Å². The minimum atomic E-state index is -0.101. The van der Waals surface area contributed by atoms with Gasteiger partial charge in [-0.1, -0.05) is 38.1 Å². The second-order valence-electron chi connectivity index (χ2n) is 8.77. The van der Waals surface area contributed by atoms with Gasteiger partial charge < -0.3 is 25.5 Å². The van der Waals surface area contributed by atoms with Crippen LogP contribution in [0.4, 0.5) is 0 Å². The molecule has 0 amide bonds. The van der Waals surface area contributed by atoms with Crippen molar-refractivity contribution in [3.63, 3.8) is 0 Å². The number of H-pyrrole nitrogens is 1. The van der Waals surface area contributed by atoms with Gasteiger partial charge in [-0.15, -0.1) is 0 Å². The van der Waals surface area contributed by atoms with Crippen LogP contribution in [0.5, 0.6) is 0 Å². The molecule has 1 aliphatic rings. The Hall–Kier alpha value is -3.09. The summed E-state index contributed by atoms with van der Waals surface area (Å²) >= 11 is 0. The van der Waals surface area contributed by atoms with Gasteiger partial charge in [-0.2, -0.15) is 0 Å². The summed E-state index contributed by atoms with van der Waals surface area (Å²) in [5.74, 6) is 0.570. The third-order valence-corrected chi connectivity index (χ3v) is 5.72. The fourth-order valence-electron chi connectivity index (χ4n) is 3.77. The molecule has 1 aromatic heterocycles. The molecular weight excluding hydrogens is 412 g/mol. The van der Waals surface area contributed by atoms with Crippen LogP contribution in [-0.2, 0) is 11.3 Å². The van der Waals surface area contributed by atoms with Gasteiger partial charge in [0.05, 0.1) is 25.6 Å². The van der Waals surface area contributed by atoms with Crippen LogP contribution in [0.25, 0.3) is 10.9 Å². The molecule has 0 saturated heterocycles. The lowest BCUT2D eigenvalue weighted by molar-refractivity contribution is 0.275. The first-order valence-electron chi connectivity index (χ1n) is 11.4. The number of aromatic nitrogens is 1. The lowest BCUT2D eigenvalue weighted by Crippen LogP contribution is -2.22. The summed E-state index contributed by atoms with van der Waals surface area (Å²) < 4.78 is 5.68. The maximum absolute atomic E-state index is 9.76. The predicted octanol–water partition coefficient (Wildman–Crippen LogP) is 5.05. The monoisotopic (exact) mass is 448 g/mol. The van der Waals surface area contributed by atoms with Crippen LogP contribution in [0.1, 0.15) is 52.3 Å². The van der Waals surface area contributed by atoms with E-state index < -0.39 is 0 Å². The van der Waals surface area contributed by atoms with Gasteiger partial charge in [0.15, 0.2) is 0 Å². The molecule has 6 nitrogen and oxygen atoms in total. The molecule has 0 saturated carbocycles. The lowest BCUT2D eigenvalue weighted by atomic mass is 10.1. The fraction of sp³-hybridized carbons (Fsp3) is 0.370. The zero-order chi connectivity index (χ0) is 24.0. The summed E-state index contributed by atoms with van der Waals surface area (Å²) in [7, 11) is 1.61. The number of dihydropyridines is 1. The number of benzene rings is 1. The minimum Gasteiger partial charge on any atom is -0.494 e. The number of nitrogens with one attached hydrogen (secondary N) is 3. The molecule has 0 fully saturated rings. The minimum absolute atomic E-state index is 0.101. The van der Waals surface area contributed by atoms with Crippen LogP contribution in [0.3, 0.4) is 0 Å². The van der Waals surface area contributed by atoms with Crippen molar-refractivity contribution in [1.82, 2.24) is 15.6 Å². The van der Waals surface area contributed by atoms with Crippen LogP contribution in [0.2, 0.25) is 0 Å². The number of aliphatic hydroxyl groups is 1. The summed E-state index contributed by atoms with van der Waals surface area (Å²) in [6.07, 6.45) is 6.91. The molecule has 3 rings (SSSR count). The molecule has 0 unspecified atom stereocenters. The molecule has 0 aliphatic carbocycles. The second kappa shape index (κ2) is 11.2. The van der Waals surface area contributed by atoms with Gasteiger partial charge in [0.25, 0.3) is 0 Å². The molecule has 1 aromatic carbocycles. The third kappa shape index (κ3) is 6.03. The Morgan fingerprint density at radius 2 is 2.03 bits per heavy atom. The van der Waals surface area contributed by atoms with Crippen LogP contribution >= 0.6 is 0 Å². The predicted molar refractivity (Wildman–Crippen MR) is 137 cm³/mol. The Labute approximate surface area is 196 Å². The van der Waals surface area contributed by atoms with E-state index in [4.69, 9.17) is 9.73 Å². The molecule has 6 heteroatoms. The molecule has 0 atom stereocenters. The highest BCUT2D eigenvalue weighted by Crippen LogP contribution is 2.25. The normalized spacial score (nSPS) is 15.9. The number of aliphatic hydroxyl groups excluding tert-OH is 1. The summed E-state index contributed by atoms with van der Waals surface area (Å²) in [6, 6.07) is 8.66. The largest absolute Gasteiger partial charge is 0.494 e. The van der Waals surface area contributed by atoms with Crippen molar-refractivity contribution in [2.45, 2.75) is 53.6 Å². The summed E-state index contributed by atoms with van der Waals surface area (Å²) in [5.41, 5.74) is 7.91. The summed E-state index contributed by atoms with van der Waals surface area (Å²) in [6.45, 7) is 10.9. The van der Waals surface area contributed by atoms with Crippen molar-refractivity contribution in [3.05, 3.63) is 81.7 Å². The smallest absolute Gasteiger partial charge is 0.145 e. The molecule has 2 aromatic rings. The molecule has 4 N–H and O–H groups in total. The van der Waals surface area contributed by atoms with E-state index in [1.54, 1.807) is 7.11 Å². The van der Waals surface area contributed by atoms with Gasteiger partial charge in [0.1, 0.15) is 11.5 Å². The van der Waals surface area contributed by atoms with E-state index in [1.165, 1.54) is 16.5 Å². The molecule has 1 aliphatic heterocycles. The van der Waals surface area contributed by atoms with E-state index in [0.717, 1.165) is 41.1 Å². The summed E-state index contributed by atoms with van der Waals surface area (Å²) in [4.78, 5) is 8.36. The zero-order valence-electron chi connectivity index (χ0n) is 20.5. The molecule has 0 radical (unpaired) electrons. The van der Waals surface area contributed by atoms with E-state index in [1.807, 2.05) is 32.2 Å². The van der Waals surface area contributed by atoms with Crippen molar-refractivity contribution in [2.75, 3.05) is 13.7 Å². The van der Waals surface area contributed by atoms with Crippen molar-refractivity contribution in [2.24, 2.45) is 4.99 Å². The first-order valence-corrected chi connectivity index (χ1v) is 11.4. The average molecular weight is 449 g/mol. The van der Waals surface area contributed by atoms with Crippen LogP contribution in [-0.4, -0.2) is 36.1 Å². The molecule has 0 bridgehead atoms. The molecule has 33 heavy (non-hydrogen) atoms. The highest BCUT2D eigenvalue weighted by atomic mass is 16.5. The van der Waals surface area contributed by atoms with Gasteiger partial charge in [0.2, 0.25) is 0 Å². The number of nitrogens with zero attached hydrogens (tertiary/aromatic N) is 1. The van der Waals surface area contributed by atoms with Gasteiger partial charge in [0, 0.05) is 40.4 Å². The quantitative estimate of drug-likeness (QED) is 0.246. The number of allylic oxidation sites excluding steroid dienone is 4. The van der Waals surface area contributed by atoms with E-state index in [2.05, 4.69) is 60.7 Å². The van der Waals surface area contributed by atoms with Crippen molar-refractivity contribution in [1.29, 1.82) is 0 Å². The van der Waals surface area contributed by atoms with Gasteiger partial charge >= 0.3 is 0 Å². The molecule has 176 valence electrons. The first kappa shape index (κ1) is 24.6. The van der Waals surface area contributed by atoms with Gasteiger partial charge in [-0.05, 0) is 50.5 Å². The number of rotatable bonds is 9.